The second kappa shape index (κ2) is 8.99. The molecule has 1 aliphatic heterocycles. The Morgan fingerprint density at radius 2 is 1.77 bits per heavy atom. The molecule has 160 valence electrons. The van der Waals surface area contributed by atoms with E-state index in [9.17, 15) is 0 Å². The summed E-state index contributed by atoms with van der Waals surface area (Å²) < 4.78 is 9.65. The summed E-state index contributed by atoms with van der Waals surface area (Å²) in [6.45, 7) is 7.65. The third kappa shape index (κ3) is 4.52. The molecule has 1 aromatic carbocycles. The van der Waals surface area contributed by atoms with E-state index in [2.05, 4.69) is 58.0 Å². The molecule has 1 saturated heterocycles. The largest absolute Gasteiger partial charge is 0.379 e. The van der Waals surface area contributed by atoms with Crippen molar-refractivity contribution in [2.45, 2.75) is 26.3 Å². The summed E-state index contributed by atoms with van der Waals surface area (Å²) in [5, 5.41) is 4.65. The van der Waals surface area contributed by atoms with Crippen molar-refractivity contribution < 1.29 is 4.74 Å². The van der Waals surface area contributed by atoms with E-state index in [4.69, 9.17) is 14.7 Å². The van der Waals surface area contributed by atoms with E-state index in [0.29, 0.717) is 0 Å². The summed E-state index contributed by atoms with van der Waals surface area (Å²) in [6.07, 6.45) is 5.72. The molecule has 0 N–H and O–H groups in total. The van der Waals surface area contributed by atoms with Crippen LogP contribution in [0.4, 0.5) is 0 Å². The number of nitrogens with zero attached hydrogens (tertiary/aromatic N) is 6. The molecule has 0 atom stereocenters. The van der Waals surface area contributed by atoms with E-state index >= 15 is 0 Å². The molecule has 0 amide bonds. The van der Waals surface area contributed by atoms with Gasteiger partial charge < -0.3 is 9.30 Å². The normalized spacial score (nSPS) is 15.0. The van der Waals surface area contributed by atoms with Crippen molar-refractivity contribution >= 4 is 5.65 Å². The molecular weight excluding hydrogens is 388 g/mol. The number of imidazole rings is 1. The minimum atomic E-state index is 0.768. The minimum absolute atomic E-state index is 0.768. The molecule has 1 aliphatic rings. The summed E-state index contributed by atoms with van der Waals surface area (Å²) in [6, 6.07) is 14.5. The zero-order valence-electron chi connectivity index (χ0n) is 17.9. The fourth-order valence-corrected chi connectivity index (χ4v) is 4.08. The summed E-state index contributed by atoms with van der Waals surface area (Å²) in [7, 11) is 0. The quantitative estimate of drug-likeness (QED) is 0.464. The molecule has 5 rings (SSSR count). The highest BCUT2D eigenvalue weighted by Crippen LogP contribution is 2.19. The SMILES string of the molecule is Cc1cccn2nc(CCc3nc(-c4ccccc4)cn3CCN3CCOCC3)nc12. The second-order valence-electron chi connectivity index (χ2n) is 8.04. The standard InChI is InChI=1S/C24H28N6O/c1-19-6-5-11-30-24(19)26-22(27-30)9-10-23-25-21(20-7-3-2-4-8-20)18-29(23)13-12-28-14-16-31-17-15-28/h2-8,11,18H,9-10,12-17H2,1H3. The maximum absolute atomic E-state index is 5.48. The summed E-state index contributed by atoms with van der Waals surface area (Å²) >= 11 is 0. The molecule has 7 nitrogen and oxygen atoms in total. The fraction of sp³-hybridized carbons (Fsp3) is 0.375. The fourth-order valence-electron chi connectivity index (χ4n) is 4.08. The van der Waals surface area contributed by atoms with Gasteiger partial charge >= 0.3 is 0 Å². The van der Waals surface area contributed by atoms with Gasteiger partial charge in [-0.25, -0.2) is 14.5 Å². The number of fused-ring (bicyclic) bond motifs is 1. The summed E-state index contributed by atoms with van der Waals surface area (Å²) in [5.41, 5.74) is 4.24. The van der Waals surface area contributed by atoms with E-state index < -0.39 is 0 Å². The number of benzene rings is 1. The van der Waals surface area contributed by atoms with Gasteiger partial charge in [-0.3, -0.25) is 4.90 Å². The Balaban J connectivity index is 1.35. The second-order valence-corrected chi connectivity index (χ2v) is 8.04. The van der Waals surface area contributed by atoms with Crippen molar-refractivity contribution in [2.75, 3.05) is 32.8 Å². The zero-order valence-corrected chi connectivity index (χ0v) is 17.9. The van der Waals surface area contributed by atoms with Crippen LogP contribution in [0.2, 0.25) is 0 Å². The number of rotatable bonds is 7. The van der Waals surface area contributed by atoms with Gasteiger partial charge in [0.1, 0.15) is 5.82 Å². The Labute approximate surface area is 182 Å². The number of ether oxygens (including phenoxy) is 1. The first-order valence-corrected chi connectivity index (χ1v) is 11.0. The number of hydrogen-bond donors (Lipinski definition) is 0. The van der Waals surface area contributed by atoms with Crippen LogP contribution in [-0.4, -0.2) is 61.9 Å². The van der Waals surface area contributed by atoms with Crippen LogP contribution in [0.25, 0.3) is 16.9 Å². The van der Waals surface area contributed by atoms with Gasteiger partial charge in [-0.05, 0) is 18.6 Å². The average Bonchev–Trinajstić information content (AvgIpc) is 3.42. The molecule has 0 unspecified atom stereocenters. The predicted octanol–water partition coefficient (Wildman–Crippen LogP) is 3.02. The Hall–Kier alpha value is -3.03. The maximum Gasteiger partial charge on any atom is 0.158 e. The van der Waals surface area contributed by atoms with Gasteiger partial charge in [0.25, 0.3) is 0 Å². The van der Waals surface area contributed by atoms with Crippen LogP contribution in [0.1, 0.15) is 17.2 Å². The molecule has 4 heterocycles. The molecule has 0 radical (unpaired) electrons. The lowest BCUT2D eigenvalue weighted by molar-refractivity contribution is 0.0363. The van der Waals surface area contributed by atoms with E-state index in [1.54, 1.807) is 0 Å². The van der Waals surface area contributed by atoms with Crippen LogP contribution in [0.3, 0.4) is 0 Å². The number of pyridine rings is 1. The van der Waals surface area contributed by atoms with E-state index in [-0.39, 0.29) is 0 Å². The number of hydrogen-bond acceptors (Lipinski definition) is 5. The lowest BCUT2D eigenvalue weighted by atomic mass is 10.2. The van der Waals surface area contributed by atoms with Crippen LogP contribution >= 0.6 is 0 Å². The van der Waals surface area contributed by atoms with Crippen LogP contribution in [0, 0.1) is 6.92 Å². The van der Waals surface area contributed by atoms with E-state index in [0.717, 1.165) is 86.4 Å². The smallest absolute Gasteiger partial charge is 0.158 e. The topological polar surface area (TPSA) is 60.5 Å². The Morgan fingerprint density at radius 3 is 2.58 bits per heavy atom. The van der Waals surface area contributed by atoms with Crippen molar-refractivity contribution in [3.05, 3.63) is 72.1 Å². The lowest BCUT2D eigenvalue weighted by Crippen LogP contribution is -2.38. The molecule has 1 fully saturated rings. The Kier molecular flexibility index (Phi) is 5.78. The molecule has 0 aliphatic carbocycles. The van der Waals surface area contributed by atoms with Crippen LogP contribution in [-0.2, 0) is 24.1 Å². The molecule has 0 spiro atoms. The van der Waals surface area contributed by atoms with Gasteiger partial charge in [0.15, 0.2) is 11.5 Å². The molecule has 3 aromatic heterocycles. The zero-order chi connectivity index (χ0) is 21.0. The van der Waals surface area contributed by atoms with Gasteiger partial charge in [0.05, 0.1) is 18.9 Å². The molecule has 4 aromatic rings. The van der Waals surface area contributed by atoms with Crippen LogP contribution in [0.5, 0.6) is 0 Å². The Morgan fingerprint density at radius 1 is 0.935 bits per heavy atom. The third-order valence-electron chi connectivity index (χ3n) is 5.86. The van der Waals surface area contributed by atoms with Gasteiger partial charge in [-0.15, -0.1) is 0 Å². The van der Waals surface area contributed by atoms with Crippen molar-refractivity contribution in [2.24, 2.45) is 0 Å². The van der Waals surface area contributed by atoms with Crippen LogP contribution in [0.15, 0.2) is 54.9 Å². The van der Waals surface area contributed by atoms with Gasteiger partial charge in [-0.2, -0.15) is 5.10 Å². The molecule has 31 heavy (non-hydrogen) atoms. The first-order valence-electron chi connectivity index (χ1n) is 11.0. The summed E-state index contributed by atoms with van der Waals surface area (Å²) in [5.74, 6) is 1.95. The van der Waals surface area contributed by atoms with E-state index in [1.165, 1.54) is 0 Å². The first kappa shape index (κ1) is 19.9. The van der Waals surface area contributed by atoms with Crippen molar-refractivity contribution in [3.8, 4) is 11.3 Å². The van der Waals surface area contributed by atoms with Crippen molar-refractivity contribution in [3.63, 3.8) is 0 Å². The number of aromatic nitrogens is 5. The number of aryl methyl sites for hydroxylation is 3. The monoisotopic (exact) mass is 416 g/mol. The third-order valence-corrected chi connectivity index (χ3v) is 5.86. The molecular formula is C24H28N6O. The van der Waals surface area contributed by atoms with Gasteiger partial charge in [0.2, 0.25) is 0 Å². The van der Waals surface area contributed by atoms with E-state index in [1.807, 2.05) is 22.8 Å². The Bertz CT molecular complexity index is 1140. The highest BCUT2D eigenvalue weighted by atomic mass is 16.5. The first-order chi connectivity index (χ1) is 15.3. The van der Waals surface area contributed by atoms with Crippen molar-refractivity contribution in [1.29, 1.82) is 0 Å². The lowest BCUT2D eigenvalue weighted by Gasteiger charge is -2.26. The van der Waals surface area contributed by atoms with Gasteiger partial charge in [-0.1, -0.05) is 36.4 Å². The van der Waals surface area contributed by atoms with Crippen LogP contribution < -0.4 is 0 Å². The highest BCUT2D eigenvalue weighted by molar-refractivity contribution is 5.58. The molecule has 0 saturated carbocycles. The predicted molar refractivity (Wildman–Crippen MR) is 120 cm³/mol. The minimum Gasteiger partial charge on any atom is -0.379 e. The maximum atomic E-state index is 5.48. The molecule has 0 bridgehead atoms. The molecule has 7 heteroatoms. The van der Waals surface area contributed by atoms with Crippen molar-refractivity contribution in [1.82, 2.24) is 29.0 Å². The highest BCUT2D eigenvalue weighted by Gasteiger charge is 2.15. The van der Waals surface area contributed by atoms with Gasteiger partial charge in [0, 0.05) is 57.0 Å². The average molecular weight is 417 g/mol. The summed E-state index contributed by atoms with van der Waals surface area (Å²) in [4.78, 5) is 12.2. The number of morpholine rings is 1.